The van der Waals surface area contributed by atoms with Crippen molar-refractivity contribution in [2.24, 2.45) is 5.92 Å². The molecule has 2 nitrogen and oxygen atoms in total. The maximum Gasteiger partial charge on any atom is 0.0863 e. The molecule has 0 aromatic rings. The summed E-state index contributed by atoms with van der Waals surface area (Å²) in [6.07, 6.45) is 6.94. The minimum Gasteiger partial charge on any atom is -0.293 e. The lowest BCUT2D eigenvalue weighted by molar-refractivity contribution is 0.250. The van der Waals surface area contributed by atoms with Crippen LogP contribution in [0.25, 0.3) is 0 Å². The van der Waals surface area contributed by atoms with Gasteiger partial charge in [-0.05, 0) is 25.8 Å². The molecule has 1 aliphatic rings. The van der Waals surface area contributed by atoms with E-state index in [2.05, 4.69) is 11.0 Å². The van der Waals surface area contributed by atoms with Crippen LogP contribution in [-0.4, -0.2) is 25.0 Å². The van der Waals surface area contributed by atoms with Gasteiger partial charge in [-0.1, -0.05) is 19.3 Å². The van der Waals surface area contributed by atoms with E-state index < -0.39 is 0 Å². The normalized spacial score (nSPS) is 19.4. The van der Waals surface area contributed by atoms with Crippen molar-refractivity contribution < 1.29 is 0 Å². The lowest BCUT2D eigenvalue weighted by Gasteiger charge is -2.25. The summed E-state index contributed by atoms with van der Waals surface area (Å²) >= 11 is 0. The van der Waals surface area contributed by atoms with E-state index in [1.165, 1.54) is 32.1 Å². The molecule has 1 aliphatic carbocycles. The van der Waals surface area contributed by atoms with E-state index in [0.717, 1.165) is 12.5 Å². The summed E-state index contributed by atoms with van der Waals surface area (Å²) in [5.41, 5.74) is 0. The first-order valence-electron chi connectivity index (χ1n) is 4.88. The van der Waals surface area contributed by atoms with Crippen LogP contribution in [0.1, 0.15) is 32.1 Å². The van der Waals surface area contributed by atoms with Crippen LogP contribution < -0.4 is 0 Å². The van der Waals surface area contributed by atoms with Crippen molar-refractivity contribution in [2.45, 2.75) is 32.1 Å². The fourth-order valence-corrected chi connectivity index (χ4v) is 2.00. The Labute approximate surface area is 75.2 Å². The van der Waals surface area contributed by atoms with E-state index in [4.69, 9.17) is 5.26 Å². The quantitative estimate of drug-likeness (QED) is 0.600. The third-order valence-electron chi connectivity index (χ3n) is 2.64. The van der Waals surface area contributed by atoms with E-state index in [-0.39, 0.29) is 0 Å². The van der Waals surface area contributed by atoms with Gasteiger partial charge in [-0.2, -0.15) is 5.26 Å². The minimum atomic E-state index is 0.580. The van der Waals surface area contributed by atoms with Crippen LogP contribution in [0.2, 0.25) is 0 Å². The van der Waals surface area contributed by atoms with Crippen molar-refractivity contribution in [1.82, 2.24) is 4.90 Å². The Morgan fingerprint density at radius 1 is 1.33 bits per heavy atom. The standard InChI is InChI=1S/C10H18N2/c1-12(8-7-11)9-10-5-3-2-4-6-10/h10H,2-6,8-9H2,1H3. The summed E-state index contributed by atoms with van der Waals surface area (Å²) in [7, 11) is 2.04. The summed E-state index contributed by atoms with van der Waals surface area (Å²) in [5, 5.41) is 8.47. The molecule has 1 fully saturated rings. The molecule has 0 aliphatic heterocycles. The third-order valence-corrected chi connectivity index (χ3v) is 2.64. The van der Waals surface area contributed by atoms with Crippen LogP contribution in [0, 0.1) is 17.2 Å². The highest BCUT2D eigenvalue weighted by molar-refractivity contribution is 4.77. The van der Waals surface area contributed by atoms with E-state index in [1.807, 2.05) is 7.05 Å². The summed E-state index contributed by atoms with van der Waals surface area (Å²) in [6.45, 7) is 1.70. The summed E-state index contributed by atoms with van der Waals surface area (Å²) < 4.78 is 0. The van der Waals surface area contributed by atoms with Crippen molar-refractivity contribution in [3.8, 4) is 6.07 Å². The summed E-state index contributed by atoms with van der Waals surface area (Å²) in [6, 6.07) is 2.18. The van der Waals surface area contributed by atoms with E-state index in [9.17, 15) is 0 Å². The average Bonchev–Trinajstić information content (AvgIpc) is 2.06. The lowest BCUT2D eigenvalue weighted by atomic mass is 9.89. The molecule has 0 unspecified atom stereocenters. The van der Waals surface area contributed by atoms with Crippen LogP contribution in [-0.2, 0) is 0 Å². The molecule has 2 heteroatoms. The molecule has 0 aromatic heterocycles. The third kappa shape index (κ3) is 3.23. The van der Waals surface area contributed by atoms with Gasteiger partial charge in [0, 0.05) is 6.54 Å². The molecule has 0 atom stereocenters. The Kier molecular flexibility index (Phi) is 4.10. The molecule has 0 spiro atoms. The largest absolute Gasteiger partial charge is 0.293 e. The fraction of sp³-hybridized carbons (Fsp3) is 0.900. The van der Waals surface area contributed by atoms with Crippen molar-refractivity contribution in [1.29, 1.82) is 5.26 Å². The van der Waals surface area contributed by atoms with E-state index in [0.29, 0.717) is 6.54 Å². The summed E-state index contributed by atoms with van der Waals surface area (Å²) in [5.74, 6) is 0.858. The Morgan fingerprint density at radius 2 is 2.00 bits per heavy atom. The van der Waals surface area contributed by atoms with Gasteiger partial charge in [0.2, 0.25) is 0 Å². The lowest BCUT2D eigenvalue weighted by Crippen LogP contribution is -2.27. The molecule has 0 radical (unpaired) electrons. The fourth-order valence-electron chi connectivity index (χ4n) is 2.00. The molecule has 0 heterocycles. The number of hydrogen-bond donors (Lipinski definition) is 0. The molecule has 0 saturated heterocycles. The number of hydrogen-bond acceptors (Lipinski definition) is 2. The zero-order chi connectivity index (χ0) is 8.81. The van der Waals surface area contributed by atoms with Crippen LogP contribution >= 0.6 is 0 Å². The van der Waals surface area contributed by atoms with Gasteiger partial charge < -0.3 is 0 Å². The highest BCUT2D eigenvalue weighted by Gasteiger charge is 2.14. The number of nitriles is 1. The SMILES string of the molecule is CN(CC#N)CC1CCCCC1. The van der Waals surface area contributed by atoms with Crippen molar-refractivity contribution in [2.75, 3.05) is 20.1 Å². The Morgan fingerprint density at radius 3 is 2.58 bits per heavy atom. The highest BCUT2D eigenvalue weighted by Crippen LogP contribution is 2.23. The molecule has 1 saturated carbocycles. The molecule has 1 rings (SSSR count). The second-order valence-electron chi connectivity index (χ2n) is 3.86. The Balaban J connectivity index is 2.16. The van der Waals surface area contributed by atoms with Gasteiger partial charge in [0.1, 0.15) is 0 Å². The first-order valence-corrected chi connectivity index (χ1v) is 4.88. The first kappa shape index (κ1) is 9.54. The first-order chi connectivity index (χ1) is 5.83. The van der Waals surface area contributed by atoms with Crippen molar-refractivity contribution in [3.63, 3.8) is 0 Å². The predicted octanol–water partition coefficient (Wildman–Crippen LogP) is 2.02. The van der Waals surface area contributed by atoms with Gasteiger partial charge in [0.25, 0.3) is 0 Å². The molecule has 0 amide bonds. The monoisotopic (exact) mass is 166 g/mol. The number of nitrogens with zero attached hydrogens (tertiary/aromatic N) is 2. The Hall–Kier alpha value is -0.550. The average molecular weight is 166 g/mol. The minimum absolute atomic E-state index is 0.580. The zero-order valence-electron chi connectivity index (χ0n) is 7.92. The van der Waals surface area contributed by atoms with Crippen LogP contribution in [0.4, 0.5) is 0 Å². The molecule has 0 aromatic carbocycles. The van der Waals surface area contributed by atoms with Gasteiger partial charge in [0.05, 0.1) is 12.6 Å². The summed E-state index contributed by atoms with van der Waals surface area (Å²) in [4.78, 5) is 2.13. The molecule has 68 valence electrons. The van der Waals surface area contributed by atoms with Gasteiger partial charge in [-0.25, -0.2) is 0 Å². The van der Waals surface area contributed by atoms with Crippen LogP contribution in [0.15, 0.2) is 0 Å². The second-order valence-corrected chi connectivity index (χ2v) is 3.86. The van der Waals surface area contributed by atoms with Crippen molar-refractivity contribution in [3.05, 3.63) is 0 Å². The molecule has 0 bridgehead atoms. The second kappa shape index (κ2) is 5.16. The van der Waals surface area contributed by atoms with Gasteiger partial charge in [-0.3, -0.25) is 4.90 Å². The maximum absolute atomic E-state index is 8.47. The highest BCUT2D eigenvalue weighted by atomic mass is 15.1. The van der Waals surface area contributed by atoms with Gasteiger partial charge >= 0.3 is 0 Å². The van der Waals surface area contributed by atoms with Gasteiger partial charge in [-0.15, -0.1) is 0 Å². The van der Waals surface area contributed by atoms with Crippen LogP contribution in [0.5, 0.6) is 0 Å². The number of rotatable bonds is 3. The Bertz CT molecular complexity index is 154. The molecule has 12 heavy (non-hydrogen) atoms. The zero-order valence-corrected chi connectivity index (χ0v) is 7.92. The molecular weight excluding hydrogens is 148 g/mol. The smallest absolute Gasteiger partial charge is 0.0863 e. The van der Waals surface area contributed by atoms with E-state index in [1.54, 1.807) is 0 Å². The van der Waals surface area contributed by atoms with Crippen LogP contribution in [0.3, 0.4) is 0 Å². The van der Waals surface area contributed by atoms with Crippen molar-refractivity contribution >= 4 is 0 Å². The maximum atomic E-state index is 8.47. The molecule has 0 N–H and O–H groups in total. The topological polar surface area (TPSA) is 27.0 Å². The van der Waals surface area contributed by atoms with Gasteiger partial charge in [0.15, 0.2) is 0 Å². The predicted molar refractivity (Wildman–Crippen MR) is 49.7 cm³/mol. The molecular formula is C10H18N2. The van der Waals surface area contributed by atoms with E-state index >= 15 is 0 Å².